The van der Waals surface area contributed by atoms with Crippen LogP contribution < -0.4 is 10.3 Å². The number of nitrogens with zero attached hydrogens (tertiary/aromatic N) is 4. The van der Waals surface area contributed by atoms with Gasteiger partial charge in [0.1, 0.15) is 17.9 Å². The third-order valence-electron chi connectivity index (χ3n) is 5.08. The van der Waals surface area contributed by atoms with Crippen molar-refractivity contribution in [3.8, 4) is 11.3 Å². The molecule has 1 saturated heterocycles. The van der Waals surface area contributed by atoms with E-state index in [2.05, 4.69) is 19.8 Å². The molecule has 0 saturated carbocycles. The van der Waals surface area contributed by atoms with Gasteiger partial charge in [0.2, 0.25) is 0 Å². The van der Waals surface area contributed by atoms with Gasteiger partial charge in [-0.05, 0) is 30.3 Å². The summed E-state index contributed by atoms with van der Waals surface area (Å²) in [5, 5.41) is 4.50. The number of aliphatic imine (C=N–C) groups is 1. The molecule has 2 aromatic heterocycles. The fourth-order valence-electron chi connectivity index (χ4n) is 3.62. The molecule has 0 radical (unpaired) electrons. The second-order valence-electron chi connectivity index (χ2n) is 6.99. The van der Waals surface area contributed by atoms with Crippen molar-refractivity contribution in [1.82, 2.24) is 19.5 Å². The maximum Gasteiger partial charge on any atom is 0.267 e. The molecule has 0 bridgehead atoms. The van der Waals surface area contributed by atoms with Crippen LogP contribution in [0.1, 0.15) is 11.6 Å². The van der Waals surface area contributed by atoms with Gasteiger partial charge in [-0.15, -0.1) is 0 Å². The molecule has 5 rings (SSSR count). The quantitative estimate of drug-likeness (QED) is 0.672. The molecule has 9 nitrogen and oxygen atoms in total. The van der Waals surface area contributed by atoms with Crippen molar-refractivity contribution in [2.24, 2.45) is 4.99 Å². The lowest BCUT2D eigenvalue weighted by molar-refractivity contribution is 0.182. The molecule has 3 aromatic rings. The van der Waals surface area contributed by atoms with E-state index in [9.17, 15) is 13.2 Å². The number of rotatable bonds is 3. The summed E-state index contributed by atoms with van der Waals surface area (Å²) in [4.78, 5) is 21.4. The molecule has 1 N–H and O–H groups in total. The Kier molecular flexibility index (Phi) is 4.44. The molecule has 1 fully saturated rings. The minimum Gasteiger partial charge on any atom is -0.377 e. The van der Waals surface area contributed by atoms with Crippen molar-refractivity contribution in [3.05, 3.63) is 76.8 Å². The molecular formula is C20H17N5O4S. The standard InChI is InChI=1S/C20H17N5O4S/c26-19-8-7-15(13-4-3-9-21-10-13)23-25(19)17-12-29-11-16(17)22-20-14-5-1-2-6-18(14)30(27,28)24-20/h1-10,16-17H,11-12H2,(H,22,24). The van der Waals surface area contributed by atoms with Crippen LogP contribution in [0.5, 0.6) is 0 Å². The highest BCUT2D eigenvalue weighted by Gasteiger charge is 2.35. The first kappa shape index (κ1) is 18.6. The van der Waals surface area contributed by atoms with E-state index in [-0.39, 0.29) is 29.5 Å². The van der Waals surface area contributed by atoms with Crippen LogP contribution in [0.15, 0.2) is 75.6 Å². The Balaban J connectivity index is 1.53. The van der Waals surface area contributed by atoms with Crippen molar-refractivity contribution < 1.29 is 13.2 Å². The normalized spacial score (nSPS) is 23.3. The molecule has 30 heavy (non-hydrogen) atoms. The Morgan fingerprint density at radius 1 is 1.10 bits per heavy atom. The molecule has 2 atom stereocenters. The van der Waals surface area contributed by atoms with Crippen LogP contribution in [0.2, 0.25) is 0 Å². The van der Waals surface area contributed by atoms with Crippen molar-refractivity contribution in [1.29, 1.82) is 0 Å². The van der Waals surface area contributed by atoms with E-state index in [1.54, 1.807) is 42.7 Å². The lowest BCUT2D eigenvalue weighted by atomic mass is 10.1. The van der Waals surface area contributed by atoms with Gasteiger partial charge in [-0.25, -0.2) is 13.1 Å². The van der Waals surface area contributed by atoms with Crippen LogP contribution in [0.3, 0.4) is 0 Å². The van der Waals surface area contributed by atoms with Crippen molar-refractivity contribution >= 4 is 15.9 Å². The van der Waals surface area contributed by atoms with E-state index in [1.165, 1.54) is 16.8 Å². The highest BCUT2D eigenvalue weighted by molar-refractivity contribution is 7.90. The summed E-state index contributed by atoms with van der Waals surface area (Å²) in [5.41, 5.74) is 1.61. The van der Waals surface area contributed by atoms with E-state index >= 15 is 0 Å². The summed E-state index contributed by atoms with van der Waals surface area (Å²) < 4.78 is 34.1. The van der Waals surface area contributed by atoms with Crippen molar-refractivity contribution in [3.63, 3.8) is 0 Å². The average molecular weight is 423 g/mol. The van der Waals surface area contributed by atoms with Gasteiger partial charge in [-0.1, -0.05) is 12.1 Å². The number of pyridine rings is 1. The fourth-order valence-corrected chi connectivity index (χ4v) is 4.85. The van der Waals surface area contributed by atoms with Crippen molar-refractivity contribution in [2.45, 2.75) is 17.0 Å². The number of amidine groups is 1. The molecular weight excluding hydrogens is 406 g/mol. The maximum atomic E-state index is 12.5. The zero-order valence-corrected chi connectivity index (χ0v) is 16.5. The highest BCUT2D eigenvalue weighted by Crippen LogP contribution is 2.26. The Morgan fingerprint density at radius 3 is 2.80 bits per heavy atom. The SMILES string of the molecule is O=c1ccc(-c2cccnc2)nn1C1COCC1N=C1NS(=O)(=O)c2ccccc21. The van der Waals surface area contributed by atoms with Gasteiger partial charge in [-0.3, -0.25) is 19.5 Å². The number of hydrogen-bond donors (Lipinski definition) is 1. The summed E-state index contributed by atoms with van der Waals surface area (Å²) in [6.45, 7) is 0.503. The smallest absolute Gasteiger partial charge is 0.267 e. The zero-order valence-electron chi connectivity index (χ0n) is 15.7. The fraction of sp³-hybridized carbons (Fsp3) is 0.200. The monoisotopic (exact) mass is 423 g/mol. The van der Waals surface area contributed by atoms with Crippen LogP contribution in [-0.2, 0) is 14.8 Å². The van der Waals surface area contributed by atoms with Gasteiger partial charge in [0, 0.05) is 29.6 Å². The summed E-state index contributed by atoms with van der Waals surface area (Å²) in [7, 11) is -3.64. The third-order valence-corrected chi connectivity index (χ3v) is 6.47. The summed E-state index contributed by atoms with van der Waals surface area (Å²) >= 11 is 0. The first-order valence-corrected chi connectivity index (χ1v) is 10.8. The summed E-state index contributed by atoms with van der Waals surface area (Å²) in [6.07, 6.45) is 3.33. The second kappa shape index (κ2) is 7.15. The van der Waals surface area contributed by atoms with Gasteiger partial charge in [-0.2, -0.15) is 5.10 Å². The molecule has 10 heteroatoms. The lowest BCUT2D eigenvalue weighted by Crippen LogP contribution is -2.34. The molecule has 2 aliphatic heterocycles. The molecule has 4 heterocycles. The minimum absolute atomic E-state index is 0.188. The number of aromatic nitrogens is 3. The number of ether oxygens (including phenoxy) is 1. The summed E-state index contributed by atoms with van der Waals surface area (Å²) in [6, 6.07) is 12.5. The predicted molar refractivity (Wildman–Crippen MR) is 109 cm³/mol. The maximum absolute atomic E-state index is 12.5. The number of hydrogen-bond acceptors (Lipinski definition) is 7. The van der Waals surface area contributed by atoms with Crippen LogP contribution in [0, 0.1) is 0 Å². The molecule has 2 aliphatic rings. The van der Waals surface area contributed by atoms with Crippen molar-refractivity contribution in [2.75, 3.05) is 13.2 Å². The van der Waals surface area contributed by atoms with Crippen LogP contribution in [0.25, 0.3) is 11.3 Å². The first-order chi connectivity index (χ1) is 14.5. The molecule has 0 spiro atoms. The lowest BCUT2D eigenvalue weighted by Gasteiger charge is -2.17. The Morgan fingerprint density at radius 2 is 1.97 bits per heavy atom. The number of benzene rings is 1. The van der Waals surface area contributed by atoms with Crippen LogP contribution in [0.4, 0.5) is 0 Å². The van der Waals surface area contributed by atoms with Crippen LogP contribution in [-0.4, -0.2) is 48.3 Å². The molecule has 0 amide bonds. The minimum atomic E-state index is -3.64. The van der Waals surface area contributed by atoms with Gasteiger partial charge in [0.15, 0.2) is 0 Å². The molecule has 152 valence electrons. The number of fused-ring (bicyclic) bond motifs is 1. The second-order valence-corrected chi connectivity index (χ2v) is 8.65. The first-order valence-electron chi connectivity index (χ1n) is 9.31. The molecule has 2 unspecified atom stereocenters. The van der Waals surface area contributed by atoms with Gasteiger partial charge >= 0.3 is 0 Å². The number of sulfonamides is 1. The zero-order chi connectivity index (χ0) is 20.7. The van der Waals surface area contributed by atoms with E-state index < -0.39 is 22.1 Å². The molecule has 0 aliphatic carbocycles. The summed E-state index contributed by atoms with van der Waals surface area (Å²) in [5.74, 6) is 0.252. The molecule has 1 aromatic carbocycles. The van der Waals surface area contributed by atoms with E-state index in [1.807, 2.05) is 6.07 Å². The third kappa shape index (κ3) is 3.19. The van der Waals surface area contributed by atoms with E-state index in [4.69, 9.17) is 4.74 Å². The predicted octanol–water partition coefficient (Wildman–Crippen LogP) is 0.984. The topological polar surface area (TPSA) is 116 Å². The average Bonchev–Trinajstić information content (AvgIpc) is 3.31. The Hall–Kier alpha value is -3.37. The van der Waals surface area contributed by atoms with Crippen LogP contribution >= 0.6 is 0 Å². The Labute approximate surface area is 172 Å². The Bertz CT molecular complexity index is 1300. The highest BCUT2D eigenvalue weighted by atomic mass is 32.2. The van der Waals surface area contributed by atoms with E-state index in [0.717, 1.165) is 5.56 Å². The van der Waals surface area contributed by atoms with Gasteiger partial charge < -0.3 is 4.74 Å². The van der Waals surface area contributed by atoms with E-state index in [0.29, 0.717) is 11.3 Å². The van der Waals surface area contributed by atoms with Gasteiger partial charge in [0.25, 0.3) is 15.6 Å². The van der Waals surface area contributed by atoms with Gasteiger partial charge in [0.05, 0.1) is 23.8 Å². The largest absolute Gasteiger partial charge is 0.377 e. The number of nitrogens with one attached hydrogen (secondary N) is 1.